The first-order valence-corrected chi connectivity index (χ1v) is 9.28. The quantitative estimate of drug-likeness (QED) is 0.923. The average molecular weight is 330 g/mol. The van der Waals surface area contributed by atoms with E-state index in [2.05, 4.69) is 18.7 Å². The number of hydrogen-bond donors (Lipinski definition) is 1. The van der Waals surface area contributed by atoms with Gasteiger partial charge >= 0.3 is 0 Å². The molecule has 2 saturated heterocycles. The van der Waals surface area contributed by atoms with Gasteiger partial charge in [-0.1, -0.05) is 30.3 Å². The molecule has 2 aliphatic rings. The minimum Gasteiger partial charge on any atom is -0.385 e. The van der Waals surface area contributed by atoms with Crippen LogP contribution in [0.3, 0.4) is 0 Å². The second-order valence-corrected chi connectivity index (χ2v) is 7.74. The minimum atomic E-state index is -0.676. The lowest BCUT2D eigenvalue weighted by Gasteiger charge is -2.42. The summed E-state index contributed by atoms with van der Waals surface area (Å²) in [5.74, 6) is 0.867. The maximum absolute atomic E-state index is 12.0. The Bertz CT molecular complexity index is 550. The largest absolute Gasteiger partial charge is 0.385 e. The highest BCUT2D eigenvalue weighted by Gasteiger charge is 2.35. The number of likely N-dealkylation sites (tertiary alicyclic amines) is 2. The molecule has 0 saturated carbocycles. The molecule has 132 valence electrons. The summed E-state index contributed by atoms with van der Waals surface area (Å²) in [5.41, 5.74) is 0.364. The monoisotopic (exact) mass is 330 g/mol. The van der Waals surface area contributed by atoms with Gasteiger partial charge in [0, 0.05) is 38.6 Å². The summed E-state index contributed by atoms with van der Waals surface area (Å²) in [6, 6.07) is 10.3. The first-order valence-electron chi connectivity index (χ1n) is 9.28. The smallest absolute Gasteiger partial charge is 0.222 e. The summed E-state index contributed by atoms with van der Waals surface area (Å²) >= 11 is 0. The van der Waals surface area contributed by atoms with Crippen molar-refractivity contribution >= 4 is 5.91 Å². The highest BCUT2D eigenvalue weighted by Crippen LogP contribution is 2.33. The van der Waals surface area contributed by atoms with Gasteiger partial charge in [0.25, 0.3) is 0 Å². The maximum atomic E-state index is 12.0. The van der Waals surface area contributed by atoms with E-state index in [1.807, 2.05) is 35.2 Å². The molecule has 4 nitrogen and oxygen atoms in total. The number of hydrogen-bond acceptors (Lipinski definition) is 3. The van der Waals surface area contributed by atoms with Crippen LogP contribution in [0.1, 0.15) is 45.1 Å². The molecule has 0 bridgehead atoms. The van der Waals surface area contributed by atoms with E-state index >= 15 is 0 Å². The van der Waals surface area contributed by atoms with Crippen molar-refractivity contribution in [2.24, 2.45) is 5.92 Å². The van der Waals surface area contributed by atoms with Gasteiger partial charge < -0.3 is 14.9 Å². The Morgan fingerprint density at radius 1 is 1.21 bits per heavy atom. The van der Waals surface area contributed by atoms with Crippen LogP contribution in [0.5, 0.6) is 0 Å². The van der Waals surface area contributed by atoms with E-state index in [4.69, 9.17) is 0 Å². The van der Waals surface area contributed by atoms with Gasteiger partial charge in [-0.2, -0.15) is 0 Å². The number of benzene rings is 1. The van der Waals surface area contributed by atoms with Crippen molar-refractivity contribution < 1.29 is 9.90 Å². The molecule has 1 unspecified atom stereocenters. The summed E-state index contributed by atoms with van der Waals surface area (Å²) in [4.78, 5) is 16.5. The van der Waals surface area contributed by atoms with E-state index in [0.717, 1.165) is 51.0 Å². The molecule has 4 heteroatoms. The van der Waals surface area contributed by atoms with E-state index < -0.39 is 5.60 Å². The van der Waals surface area contributed by atoms with E-state index in [0.29, 0.717) is 24.3 Å². The van der Waals surface area contributed by atoms with E-state index in [-0.39, 0.29) is 0 Å². The first kappa shape index (κ1) is 17.4. The van der Waals surface area contributed by atoms with Gasteiger partial charge in [-0.3, -0.25) is 4.79 Å². The SMILES string of the molecule is CC(C)N1CC(CN2CCC(O)(c3ccccc3)CC2)CCC1=O. The van der Waals surface area contributed by atoms with Crippen molar-refractivity contribution in [3.8, 4) is 0 Å². The molecule has 1 amide bonds. The van der Waals surface area contributed by atoms with Crippen LogP contribution < -0.4 is 0 Å². The molecular formula is C20H30N2O2. The van der Waals surface area contributed by atoms with Crippen LogP contribution in [0.4, 0.5) is 0 Å². The summed E-state index contributed by atoms with van der Waals surface area (Å²) in [6.07, 6.45) is 3.26. The molecule has 1 N–H and O–H groups in total. The number of nitrogens with zero attached hydrogens (tertiary/aromatic N) is 2. The normalized spacial score (nSPS) is 25.2. The van der Waals surface area contributed by atoms with Crippen molar-refractivity contribution in [2.75, 3.05) is 26.2 Å². The number of carbonyl (C=O) groups excluding carboxylic acids is 1. The standard InChI is InChI=1S/C20H30N2O2/c1-16(2)22-15-17(8-9-19(22)23)14-21-12-10-20(24,11-13-21)18-6-4-3-5-7-18/h3-7,16-17,24H,8-15H2,1-2H3. The van der Waals surface area contributed by atoms with Crippen LogP contribution in [0.25, 0.3) is 0 Å². The Morgan fingerprint density at radius 3 is 2.50 bits per heavy atom. The van der Waals surface area contributed by atoms with E-state index in [1.54, 1.807) is 0 Å². The Hall–Kier alpha value is -1.39. The summed E-state index contributed by atoms with van der Waals surface area (Å²) in [6.45, 7) is 7.98. The molecule has 0 radical (unpaired) electrons. The highest BCUT2D eigenvalue weighted by molar-refractivity contribution is 5.77. The van der Waals surface area contributed by atoms with Gasteiger partial charge in [-0.25, -0.2) is 0 Å². The van der Waals surface area contributed by atoms with Gasteiger partial charge in [-0.05, 0) is 44.6 Å². The fraction of sp³-hybridized carbons (Fsp3) is 0.650. The zero-order valence-corrected chi connectivity index (χ0v) is 14.9. The van der Waals surface area contributed by atoms with Gasteiger partial charge in [0.05, 0.1) is 5.60 Å². The third kappa shape index (κ3) is 3.81. The van der Waals surface area contributed by atoms with Crippen LogP contribution in [-0.4, -0.2) is 53.0 Å². The molecule has 1 aromatic carbocycles. The number of carbonyl (C=O) groups is 1. The number of piperidine rings is 2. The molecule has 2 heterocycles. The van der Waals surface area contributed by atoms with Crippen molar-refractivity contribution in [3.05, 3.63) is 35.9 Å². The Kier molecular flexibility index (Phi) is 5.26. The second kappa shape index (κ2) is 7.24. The Balaban J connectivity index is 1.53. The molecule has 0 aliphatic carbocycles. The zero-order valence-electron chi connectivity index (χ0n) is 14.9. The molecule has 1 atom stereocenters. The minimum absolute atomic E-state index is 0.296. The first-order chi connectivity index (χ1) is 11.5. The predicted octanol–water partition coefficient (Wildman–Crippen LogP) is 2.62. The maximum Gasteiger partial charge on any atom is 0.222 e. The van der Waals surface area contributed by atoms with Crippen LogP contribution >= 0.6 is 0 Å². The molecular weight excluding hydrogens is 300 g/mol. The molecule has 0 spiro atoms. The second-order valence-electron chi connectivity index (χ2n) is 7.74. The molecule has 1 aromatic rings. The summed E-state index contributed by atoms with van der Waals surface area (Å²) in [5, 5.41) is 10.9. The summed E-state index contributed by atoms with van der Waals surface area (Å²) in [7, 11) is 0. The third-order valence-electron chi connectivity index (χ3n) is 5.68. The molecule has 2 aliphatic heterocycles. The highest BCUT2D eigenvalue weighted by atomic mass is 16.3. The summed E-state index contributed by atoms with van der Waals surface area (Å²) < 4.78 is 0. The van der Waals surface area contributed by atoms with E-state index in [9.17, 15) is 9.90 Å². The van der Waals surface area contributed by atoms with Crippen LogP contribution in [0.15, 0.2) is 30.3 Å². The lowest BCUT2D eigenvalue weighted by Crippen LogP contribution is -2.49. The van der Waals surface area contributed by atoms with Crippen LogP contribution in [0.2, 0.25) is 0 Å². The van der Waals surface area contributed by atoms with E-state index in [1.165, 1.54) is 0 Å². The molecule has 24 heavy (non-hydrogen) atoms. The van der Waals surface area contributed by atoms with Crippen LogP contribution in [-0.2, 0) is 10.4 Å². The Labute approximate surface area is 145 Å². The van der Waals surface area contributed by atoms with Gasteiger partial charge in [0.15, 0.2) is 0 Å². The number of amides is 1. The fourth-order valence-electron chi connectivity index (χ4n) is 4.10. The topological polar surface area (TPSA) is 43.8 Å². The van der Waals surface area contributed by atoms with Crippen molar-refractivity contribution in [1.29, 1.82) is 0 Å². The number of rotatable bonds is 4. The average Bonchev–Trinajstić information content (AvgIpc) is 2.59. The number of aliphatic hydroxyl groups is 1. The zero-order chi connectivity index (χ0) is 17.2. The third-order valence-corrected chi connectivity index (χ3v) is 5.68. The lowest BCUT2D eigenvalue weighted by atomic mass is 9.84. The fourth-order valence-corrected chi connectivity index (χ4v) is 4.10. The Morgan fingerprint density at radius 2 is 1.88 bits per heavy atom. The van der Waals surface area contributed by atoms with Gasteiger partial charge in [-0.15, -0.1) is 0 Å². The lowest BCUT2D eigenvalue weighted by molar-refractivity contribution is -0.137. The van der Waals surface area contributed by atoms with Crippen molar-refractivity contribution in [1.82, 2.24) is 9.80 Å². The molecule has 0 aromatic heterocycles. The van der Waals surface area contributed by atoms with Crippen molar-refractivity contribution in [3.63, 3.8) is 0 Å². The van der Waals surface area contributed by atoms with Gasteiger partial charge in [0.1, 0.15) is 0 Å². The molecule has 3 rings (SSSR count). The van der Waals surface area contributed by atoms with Gasteiger partial charge in [0.2, 0.25) is 5.91 Å². The van der Waals surface area contributed by atoms with Crippen LogP contribution in [0, 0.1) is 5.92 Å². The molecule has 2 fully saturated rings. The predicted molar refractivity (Wildman–Crippen MR) is 95.6 cm³/mol. The van der Waals surface area contributed by atoms with Crippen molar-refractivity contribution in [2.45, 2.75) is 51.2 Å².